The van der Waals surface area contributed by atoms with Crippen molar-refractivity contribution >= 4 is 0 Å². The number of nitrogens with one attached hydrogen (secondary N) is 1. The number of ether oxygens (including phenoxy) is 1. The van der Waals surface area contributed by atoms with Crippen molar-refractivity contribution in [2.24, 2.45) is 0 Å². The second-order valence-corrected chi connectivity index (χ2v) is 4.24. The van der Waals surface area contributed by atoms with Crippen LogP contribution in [0.2, 0.25) is 0 Å². The number of rotatable bonds is 5. The molecule has 106 valence electrons. The van der Waals surface area contributed by atoms with E-state index in [1.165, 1.54) is 19.4 Å². The van der Waals surface area contributed by atoms with Crippen LogP contribution in [0.25, 0.3) is 0 Å². The molecule has 2 rings (SSSR count). The van der Waals surface area contributed by atoms with Crippen molar-refractivity contribution in [3.05, 3.63) is 53.5 Å². The molecule has 0 spiro atoms. The molecule has 0 bridgehead atoms. The molecular formula is C14H15F2N3O. The Hall–Kier alpha value is -2.08. The quantitative estimate of drug-likeness (QED) is 0.912. The van der Waals surface area contributed by atoms with E-state index in [2.05, 4.69) is 15.3 Å². The Labute approximate surface area is 115 Å². The van der Waals surface area contributed by atoms with Gasteiger partial charge in [-0.1, -0.05) is 6.07 Å². The molecule has 1 aromatic carbocycles. The van der Waals surface area contributed by atoms with E-state index in [1.54, 1.807) is 19.3 Å². The molecular weight excluding hydrogens is 264 g/mol. The normalized spacial score (nSPS) is 12.2. The lowest BCUT2D eigenvalue weighted by atomic mass is 10.0. The third-order valence-corrected chi connectivity index (χ3v) is 2.99. The average Bonchev–Trinajstić information content (AvgIpc) is 2.48. The fourth-order valence-corrected chi connectivity index (χ4v) is 1.97. The number of hydrogen-bond donors (Lipinski definition) is 1. The highest BCUT2D eigenvalue weighted by Crippen LogP contribution is 2.23. The number of benzene rings is 1. The molecule has 2 aromatic rings. The monoisotopic (exact) mass is 279 g/mol. The molecule has 0 aliphatic rings. The molecule has 1 atom stereocenters. The van der Waals surface area contributed by atoms with E-state index in [0.29, 0.717) is 23.6 Å². The molecule has 1 heterocycles. The molecule has 0 fully saturated rings. The van der Waals surface area contributed by atoms with Crippen LogP contribution in [0.3, 0.4) is 0 Å². The molecule has 0 amide bonds. The summed E-state index contributed by atoms with van der Waals surface area (Å²) in [5.41, 5.74) is 1.29. The zero-order chi connectivity index (χ0) is 14.5. The number of hydrogen-bond acceptors (Lipinski definition) is 4. The summed E-state index contributed by atoms with van der Waals surface area (Å²) in [5.74, 6) is -1.30. The van der Waals surface area contributed by atoms with E-state index in [1.807, 2.05) is 0 Å². The van der Waals surface area contributed by atoms with Gasteiger partial charge in [0.05, 0.1) is 13.2 Å². The Morgan fingerprint density at radius 1 is 1.20 bits per heavy atom. The van der Waals surface area contributed by atoms with E-state index >= 15 is 0 Å². The summed E-state index contributed by atoms with van der Waals surface area (Å²) in [5, 5.41) is 3.08. The molecule has 4 nitrogen and oxygen atoms in total. The van der Waals surface area contributed by atoms with Gasteiger partial charge in [0.1, 0.15) is 5.69 Å². The van der Waals surface area contributed by atoms with E-state index in [-0.39, 0.29) is 6.04 Å². The van der Waals surface area contributed by atoms with Crippen molar-refractivity contribution in [2.45, 2.75) is 12.5 Å². The smallest absolute Gasteiger partial charge is 0.237 e. The van der Waals surface area contributed by atoms with Crippen molar-refractivity contribution in [1.29, 1.82) is 0 Å². The molecule has 0 radical (unpaired) electrons. The van der Waals surface area contributed by atoms with Gasteiger partial charge in [-0.2, -0.15) is 0 Å². The summed E-state index contributed by atoms with van der Waals surface area (Å²) in [6.45, 7) is 0. The zero-order valence-electron chi connectivity index (χ0n) is 11.2. The first kappa shape index (κ1) is 14.3. The lowest BCUT2D eigenvalue weighted by molar-refractivity contribution is 0.379. The molecule has 0 saturated carbocycles. The van der Waals surface area contributed by atoms with Gasteiger partial charge < -0.3 is 10.1 Å². The van der Waals surface area contributed by atoms with Gasteiger partial charge in [-0.3, -0.25) is 4.98 Å². The number of nitrogens with zero attached hydrogens (tertiary/aromatic N) is 2. The predicted molar refractivity (Wildman–Crippen MR) is 70.4 cm³/mol. The highest BCUT2D eigenvalue weighted by molar-refractivity contribution is 5.25. The second-order valence-electron chi connectivity index (χ2n) is 4.24. The van der Waals surface area contributed by atoms with Crippen LogP contribution in [-0.2, 0) is 6.42 Å². The molecule has 1 N–H and O–H groups in total. The Bertz CT molecular complexity index is 592. The fourth-order valence-electron chi connectivity index (χ4n) is 1.97. The summed E-state index contributed by atoms with van der Waals surface area (Å²) >= 11 is 0. The van der Waals surface area contributed by atoms with Gasteiger partial charge in [0, 0.05) is 12.4 Å². The van der Waals surface area contributed by atoms with Crippen molar-refractivity contribution in [2.75, 3.05) is 14.2 Å². The Balaban J connectivity index is 2.26. The number of halogens is 2. The van der Waals surface area contributed by atoms with Crippen LogP contribution in [0.4, 0.5) is 8.78 Å². The van der Waals surface area contributed by atoms with Gasteiger partial charge in [-0.25, -0.2) is 13.8 Å². The Morgan fingerprint density at radius 2 is 1.95 bits per heavy atom. The highest BCUT2D eigenvalue weighted by Gasteiger charge is 2.18. The first-order valence-electron chi connectivity index (χ1n) is 6.11. The fraction of sp³-hybridized carbons (Fsp3) is 0.286. The van der Waals surface area contributed by atoms with Crippen LogP contribution in [0, 0.1) is 11.6 Å². The molecule has 1 unspecified atom stereocenters. The van der Waals surface area contributed by atoms with Crippen molar-refractivity contribution in [3.8, 4) is 5.88 Å². The standard InChI is InChI=1S/C14H15F2N3O/c1-17-12(13-14(20-2)19-6-5-18-13)8-9-3-4-10(15)11(16)7-9/h3-7,12,17H,8H2,1-2H3. The van der Waals surface area contributed by atoms with Crippen LogP contribution < -0.4 is 10.1 Å². The van der Waals surface area contributed by atoms with Crippen LogP contribution in [0.1, 0.15) is 17.3 Å². The molecule has 6 heteroatoms. The molecule has 20 heavy (non-hydrogen) atoms. The number of aromatic nitrogens is 2. The maximum Gasteiger partial charge on any atom is 0.237 e. The topological polar surface area (TPSA) is 47.0 Å². The number of likely N-dealkylation sites (N-methyl/N-ethyl adjacent to an activating group) is 1. The SMILES string of the molecule is CNC(Cc1ccc(F)c(F)c1)c1nccnc1OC. The lowest BCUT2D eigenvalue weighted by Crippen LogP contribution is -2.21. The van der Waals surface area contributed by atoms with Crippen LogP contribution in [-0.4, -0.2) is 24.1 Å². The first-order valence-corrected chi connectivity index (χ1v) is 6.11. The molecule has 0 aliphatic carbocycles. The van der Waals surface area contributed by atoms with E-state index in [9.17, 15) is 8.78 Å². The third-order valence-electron chi connectivity index (χ3n) is 2.99. The van der Waals surface area contributed by atoms with Crippen LogP contribution in [0.15, 0.2) is 30.6 Å². The lowest BCUT2D eigenvalue weighted by Gasteiger charge is -2.17. The Kier molecular flexibility index (Phi) is 4.57. The highest BCUT2D eigenvalue weighted by atomic mass is 19.2. The summed E-state index contributed by atoms with van der Waals surface area (Å²) in [6.07, 6.45) is 3.54. The average molecular weight is 279 g/mol. The van der Waals surface area contributed by atoms with Crippen molar-refractivity contribution in [1.82, 2.24) is 15.3 Å². The minimum Gasteiger partial charge on any atom is -0.480 e. The summed E-state index contributed by atoms with van der Waals surface area (Å²) in [6, 6.07) is 3.64. The third kappa shape index (κ3) is 3.08. The summed E-state index contributed by atoms with van der Waals surface area (Å²) in [7, 11) is 3.27. The van der Waals surface area contributed by atoms with Crippen molar-refractivity contribution in [3.63, 3.8) is 0 Å². The van der Waals surface area contributed by atoms with E-state index < -0.39 is 11.6 Å². The molecule has 0 saturated heterocycles. The van der Waals surface area contributed by atoms with Crippen molar-refractivity contribution < 1.29 is 13.5 Å². The molecule has 0 aliphatic heterocycles. The maximum absolute atomic E-state index is 13.2. The first-order chi connectivity index (χ1) is 9.65. The molecule has 1 aromatic heterocycles. The van der Waals surface area contributed by atoms with Gasteiger partial charge in [-0.15, -0.1) is 0 Å². The van der Waals surface area contributed by atoms with Crippen LogP contribution >= 0.6 is 0 Å². The second kappa shape index (κ2) is 6.38. The van der Waals surface area contributed by atoms with Gasteiger partial charge in [0.15, 0.2) is 11.6 Å². The van der Waals surface area contributed by atoms with Gasteiger partial charge in [0.25, 0.3) is 0 Å². The number of methoxy groups -OCH3 is 1. The summed E-state index contributed by atoms with van der Waals surface area (Å²) in [4.78, 5) is 8.32. The zero-order valence-corrected chi connectivity index (χ0v) is 11.2. The summed E-state index contributed by atoms with van der Waals surface area (Å²) < 4.78 is 31.3. The largest absolute Gasteiger partial charge is 0.480 e. The maximum atomic E-state index is 13.2. The predicted octanol–water partition coefficient (Wildman–Crippen LogP) is 2.27. The van der Waals surface area contributed by atoms with E-state index in [0.717, 1.165) is 6.07 Å². The van der Waals surface area contributed by atoms with Crippen LogP contribution in [0.5, 0.6) is 5.88 Å². The minimum absolute atomic E-state index is 0.205. The van der Waals surface area contributed by atoms with Gasteiger partial charge >= 0.3 is 0 Å². The Morgan fingerprint density at radius 3 is 2.60 bits per heavy atom. The van der Waals surface area contributed by atoms with Gasteiger partial charge in [0.2, 0.25) is 5.88 Å². The van der Waals surface area contributed by atoms with E-state index in [4.69, 9.17) is 4.74 Å². The minimum atomic E-state index is -0.858. The van der Waals surface area contributed by atoms with Gasteiger partial charge in [-0.05, 0) is 31.2 Å².